The second kappa shape index (κ2) is 11.4. The van der Waals surface area contributed by atoms with E-state index in [9.17, 15) is 9.59 Å². The molecule has 3 aromatic carbocycles. The zero-order valence-electron chi connectivity index (χ0n) is 18.7. The summed E-state index contributed by atoms with van der Waals surface area (Å²) in [5.41, 5.74) is 5.45. The maximum absolute atomic E-state index is 12.6. The quantitative estimate of drug-likeness (QED) is 0.185. The van der Waals surface area contributed by atoms with Crippen molar-refractivity contribution in [2.75, 3.05) is 6.61 Å². The molecule has 7 heteroatoms. The minimum absolute atomic E-state index is 0.175. The molecule has 0 aliphatic heterocycles. The van der Waals surface area contributed by atoms with Gasteiger partial charge in [0.1, 0.15) is 11.5 Å². The molecule has 0 saturated heterocycles. The summed E-state index contributed by atoms with van der Waals surface area (Å²) >= 11 is 3.40. The number of hydrogen-bond acceptors (Lipinski definition) is 5. The molecule has 0 unspecified atom stereocenters. The van der Waals surface area contributed by atoms with Crippen molar-refractivity contribution in [3.05, 3.63) is 93.5 Å². The predicted octanol–water partition coefficient (Wildman–Crippen LogP) is 5.63. The largest absolute Gasteiger partial charge is 0.484 e. The van der Waals surface area contributed by atoms with E-state index >= 15 is 0 Å². The van der Waals surface area contributed by atoms with E-state index in [-0.39, 0.29) is 6.61 Å². The first-order valence-corrected chi connectivity index (χ1v) is 11.2. The second-order valence-corrected chi connectivity index (χ2v) is 8.61. The molecule has 0 saturated carbocycles. The second-order valence-electron chi connectivity index (χ2n) is 7.69. The first-order valence-electron chi connectivity index (χ1n) is 10.5. The van der Waals surface area contributed by atoms with Crippen LogP contribution in [-0.2, 0) is 4.79 Å². The summed E-state index contributed by atoms with van der Waals surface area (Å²) in [6.07, 6.45) is 1.42. The molecule has 1 amide bonds. The van der Waals surface area contributed by atoms with E-state index in [1.165, 1.54) is 11.8 Å². The van der Waals surface area contributed by atoms with Crippen molar-refractivity contribution in [1.29, 1.82) is 0 Å². The highest BCUT2D eigenvalue weighted by Crippen LogP contribution is 2.23. The molecule has 0 radical (unpaired) electrons. The Morgan fingerprint density at radius 3 is 2.48 bits per heavy atom. The van der Waals surface area contributed by atoms with Crippen LogP contribution in [0.2, 0.25) is 0 Å². The van der Waals surface area contributed by atoms with E-state index in [4.69, 9.17) is 9.47 Å². The molecule has 33 heavy (non-hydrogen) atoms. The Labute approximate surface area is 201 Å². The van der Waals surface area contributed by atoms with Gasteiger partial charge in [-0.15, -0.1) is 0 Å². The van der Waals surface area contributed by atoms with E-state index in [0.29, 0.717) is 28.5 Å². The number of hydrazone groups is 1. The molecule has 1 N–H and O–H groups in total. The average molecular weight is 509 g/mol. The predicted molar refractivity (Wildman–Crippen MR) is 132 cm³/mol. The van der Waals surface area contributed by atoms with Crippen LogP contribution in [0, 0.1) is 6.92 Å². The Kier molecular flexibility index (Phi) is 8.38. The van der Waals surface area contributed by atoms with Gasteiger partial charge in [-0.05, 0) is 60.4 Å². The zero-order valence-corrected chi connectivity index (χ0v) is 20.3. The van der Waals surface area contributed by atoms with Crippen LogP contribution in [-0.4, -0.2) is 24.7 Å². The Bertz CT molecular complexity index is 1160. The van der Waals surface area contributed by atoms with Gasteiger partial charge in [0.2, 0.25) is 0 Å². The normalized spacial score (nSPS) is 10.9. The zero-order chi connectivity index (χ0) is 23.8. The third-order valence-corrected chi connectivity index (χ3v) is 5.34. The Hall–Kier alpha value is -3.45. The number of esters is 1. The van der Waals surface area contributed by atoms with Gasteiger partial charge in [0.05, 0.1) is 11.8 Å². The van der Waals surface area contributed by atoms with E-state index < -0.39 is 11.9 Å². The molecule has 0 aromatic heterocycles. The number of ether oxygens (including phenoxy) is 2. The van der Waals surface area contributed by atoms with E-state index in [1.54, 1.807) is 30.3 Å². The van der Waals surface area contributed by atoms with Crippen LogP contribution in [0.25, 0.3) is 0 Å². The first kappa shape index (κ1) is 24.2. The highest BCUT2D eigenvalue weighted by molar-refractivity contribution is 9.10. The maximum Gasteiger partial charge on any atom is 0.343 e. The van der Waals surface area contributed by atoms with Gasteiger partial charge in [0.15, 0.2) is 6.61 Å². The smallest absolute Gasteiger partial charge is 0.343 e. The lowest BCUT2D eigenvalue weighted by atomic mass is 10.0. The topological polar surface area (TPSA) is 77.0 Å². The molecule has 0 atom stereocenters. The highest BCUT2D eigenvalue weighted by atomic mass is 79.9. The van der Waals surface area contributed by atoms with Crippen molar-refractivity contribution in [2.24, 2.45) is 5.10 Å². The summed E-state index contributed by atoms with van der Waals surface area (Å²) in [7, 11) is 0. The molecule has 3 rings (SSSR count). The van der Waals surface area contributed by atoms with Gasteiger partial charge in [-0.2, -0.15) is 5.10 Å². The molecule has 0 fully saturated rings. The Balaban J connectivity index is 1.60. The van der Waals surface area contributed by atoms with Crippen LogP contribution in [0.5, 0.6) is 11.5 Å². The lowest BCUT2D eigenvalue weighted by Crippen LogP contribution is -2.24. The summed E-state index contributed by atoms with van der Waals surface area (Å²) < 4.78 is 11.8. The maximum atomic E-state index is 12.6. The van der Waals surface area contributed by atoms with Gasteiger partial charge in [-0.1, -0.05) is 60.1 Å². The number of amides is 1. The number of hydrogen-bond donors (Lipinski definition) is 1. The first-order chi connectivity index (χ1) is 15.8. The van der Waals surface area contributed by atoms with Crippen LogP contribution >= 0.6 is 15.9 Å². The number of benzene rings is 3. The molecule has 0 heterocycles. The summed E-state index contributed by atoms with van der Waals surface area (Å²) in [6, 6.07) is 20.0. The Morgan fingerprint density at radius 2 is 1.79 bits per heavy atom. The number of rotatable bonds is 8. The van der Waals surface area contributed by atoms with Crippen LogP contribution in [0.1, 0.15) is 46.8 Å². The number of carbonyl (C=O) groups excluding carboxylic acids is 2. The molecular weight excluding hydrogens is 484 g/mol. The fourth-order valence-electron chi connectivity index (χ4n) is 2.97. The van der Waals surface area contributed by atoms with E-state index in [2.05, 4.69) is 40.3 Å². The molecule has 3 aromatic rings. The van der Waals surface area contributed by atoms with Gasteiger partial charge < -0.3 is 9.47 Å². The van der Waals surface area contributed by atoms with Gasteiger partial charge in [0, 0.05) is 10.0 Å². The van der Waals surface area contributed by atoms with Crippen molar-refractivity contribution < 1.29 is 19.1 Å². The van der Waals surface area contributed by atoms with Gasteiger partial charge in [-0.3, -0.25) is 4.79 Å². The van der Waals surface area contributed by atoms with Crippen molar-refractivity contribution in [3.63, 3.8) is 0 Å². The molecule has 0 spiro atoms. The summed E-state index contributed by atoms with van der Waals surface area (Å²) in [6.45, 7) is 5.89. The van der Waals surface area contributed by atoms with Gasteiger partial charge in [0.25, 0.3) is 5.91 Å². The van der Waals surface area contributed by atoms with Crippen LogP contribution in [0.15, 0.2) is 76.3 Å². The third-order valence-electron chi connectivity index (χ3n) is 4.85. The van der Waals surface area contributed by atoms with E-state index in [1.807, 2.05) is 43.3 Å². The number of nitrogens with zero attached hydrogens (tertiary/aromatic N) is 1. The fourth-order valence-corrected chi connectivity index (χ4v) is 3.35. The molecule has 170 valence electrons. The lowest BCUT2D eigenvalue weighted by Gasteiger charge is -2.10. The molecule has 0 bridgehead atoms. The van der Waals surface area contributed by atoms with Crippen molar-refractivity contribution >= 4 is 34.0 Å². The molecular formula is C26H25BrN2O4. The van der Waals surface area contributed by atoms with Crippen LogP contribution in [0.4, 0.5) is 0 Å². The standard InChI is InChI=1S/C26H25BrN2O4/c1-17(2)19-8-11-22(12-9-19)32-16-25(30)29-28-15-20-14-21(27)10-13-24(20)33-26(31)23-7-5-4-6-18(23)3/h4-15,17H,16H2,1-3H3,(H,29,30)/b28-15-. The highest BCUT2D eigenvalue weighted by Gasteiger charge is 2.13. The number of nitrogens with one attached hydrogen (secondary N) is 1. The van der Waals surface area contributed by atoms with Crippen molar-refractivity contribution in [2.45, 2.75) is 26.7 Å². The minimum Gasteiger partial charge on any atom is -0.484 e. The Morgan fingerprint density at radius 1 is 1.06 bits per heavy atom. The summed E-state index contributed by atoms with van der Waals surface area (Å²) in [5, 5.41) is 3.97. The minimum atomic E-state index is -0.467. The summed E-state index contributed by atoms with van der Waals surface area (Å²) in [4.78, 5) is 24.7. The van der Waals surface area contributed by atoms with Crippen molar-refractivity contribution in [3.8, 4) is 11.5 Å². The van der Waals surface area contributed by atoms with E-state index in [0.717, 1.165) is 10.0 Å². The number of aryl methyl sites for hydroxylation is 1. The number of carbonyl (C=O) groups is 2. The van der Waals surface area contributed by atoms with Crippen LogP contribution in [0.3, 0.4) is 0 Å². The van der Waals surface area contributed by atoms with Gasteiger partial charge >= 0.3 is 5.97 Å². The molecule has 0 aliphatic carbocycles. The lowest BCUT2D eigenvalue weighted by molar-refractivity contribution is -0.123. The van der Waals surface area contributed by atoms with Crippen molar-refractivity contribution in [1.82, 2.24) is 5.43 Å². The third kappa shape index (κ3) is 7.02. The monoisotopic (exact) mass is 508 g/mol. The number of halogens is 1. The van der Waals surface area contributed by atoms with Gasteiger partial charge in [-0.25, -0.2) is 10.2 Å². The average Bonchev–Trinajstić information content (AvgIpc) is 2.80. The summed E-state index contributed by atoms with van der Waals surface area (Å²) in [5.74, 6) is 0.482. The fraction of sp³-hybridized carbons (Fsp3) is 0.192. The molecule has 0 aliphatic rings. The SMILES string of the molecule is Cc1ccccc1C(=O)Oc1ccc(Br)cc1/C=N\NC(=O)COc1ccc(C(C)C)cc1. The molecule has 6 nitrogen and oxygen atoms in total. The van der Waals surface area contributed by atoms with Crippen LogP contribution < -0.4 is 14.9 Å².